The van der Waals surface area contributed by atoms with Crippen molar-refractivity contribution in [1.29, 1.82) is 5.41 Å². The van der Waals surface area contributed by atoms with E-state index in [0.717, 1.165) is 0 Å². The van der Waals surface area contributed by atoms with Gasteiger partial charge in [0.05, 0.1) is 0 Å². The first kappa shape index (κ1) is 5.98. The van der Waals surface area contributed by atoms with Crippen LogP contribution in [0.25, 0.3) is 0 Å². The molecule has 6 heavy (non-hydrogen) atoms. The zero-order chi connectivity index (χ0) is 4.99. The predicted molar refractivity (Wildman–Crippen MR) is 30.0 cm³/mol. The first-order chi connectivity index (χ1) is 2.77. The maximum atomic E-state index is 6.79. The third-order valence-electron chi connectivity index (χ3n) is 0.300. The molecule has 0 atom stereocenters. The van der Waals surface area contributed by atoms with Gasteiger partial charge in [0.1, 0.15) is 0 Å². The van der Waals surface area contributed by atoms with E-state index < -0.39 is 0 Å². The summed E-state index contributed by atoms with van der Waals surface area (Å²) in [5.74, 6) is 0.653. The van der Waals surface area contributed by atoms with E-state index in [1.165, 1.54) is 11.9 Å². The molecule has 3 N–H and O–H groups in total. The summed E-state index contributed by atoms with van der Waals surface area (Å²) in [7, 11) is 0. The standard InChI is InChI=1S/C3H8N2S/c1-3(4)2-6-5/h4H,2,5H2,1H3. The van der Waals surface area contributed by atoms with Crippen molar-refractivity contribution in [3.05, 3.63) is 0 Å². The number of nitrogens with one attached hydrogen (secondary N) is 1. The van der Waals surface area contributed by atoms with Crippen molar-refractivity contribution in [2.75, 3.05) is 5.75 Å². The lowest BCUT2D eigenvalue weighted by Crippen LogP contribution is -1.94. The van der Waals surface area contributed by atoms with Crippen LogP contribution < -0.4 is 5.14 Å². The highest BCUT2D eigenvalue weighted by molar-refractivity contribution is 7.97. The van der Waals surface area contributed by atoms with Crippen LogP contribution in [0.2, 0.25) is 0 Å². The molecule has 0 spiro atoms. The minimum atomic E-state index is 0.627. The molecule has 2 nitrogen and oxygen atoms in total. The van der Waals surface area contributed by atoms with Crippen LogP contribution in [0.3, 0.4) is 0 Å². The summed E-state index contributed by atoms with van der Waals surface area (Å²) >= 11 is 1.19. The van der Waals surface area contributed by atoms with Crippen LogP contribution in [0.15, 0.2) is 0 Å². The smallest absolute Gasteiger partial charge is 0.0452 e. The fourth-order valence-corrected chi connectivity index (χ4v) is 0.375. The van der Waals surface area contributed by atoms with E-state index in [-0.39, 0.29) is 0 Å². The molecule has 36 valence electrons. The molecule has 0 unspecified atom stereocenters. The average molecular weight is 104 g/mol. The number of hydrogen-bond donors (Lipinski definition) is 2. The Morgan fingerprint density at radius 1 is 2.00 bits per heavy atom. The summed E-state index contributed by atoms with van der Waals surface area (Å²) in [4.78, 5) is 0. The molecule has 0 fully saturated rings. The van der Waals surface area contributed by atoms with Gasteiger partial charge in [-0.2, -0.15) is 0 Å². The Bertz CT molecular complexity index is 52.8. The number of hydrogen-bond acceptors (Lipinski definition) is 3. The van der Waals surface area contributed by atoms with Crippen LogP contribution in [0.5, 0.6) is 0 Å². The Morgan fingerprint density at radius 2 is 2.50 bits per heavy atom. The van der Waals surface area contributed by atoms with E-state index in [4.69, 9.17) is 10.5 Å². The summed E-state index contributed by atoms with van der Waals surface area (Å²) in [6.45, 7) is 1.74. The second-order valence-electron chi connectivity index (χ2n) is 1.09. The molecule has 0 aromatic heterocycles. The Kier molecular flexibility index (Phi) is 3.17. The molecule has 0 aromatic carbocycles. The van der Waals surface area contributed by atoms with Crippen molar-refractivity contribution in [2.45, 2.75) is 6.92 Å². The molecule has 0 aliphatic heterocycles. The van der Waals surface area contributed by atoms with Crippen molar-refractivity contribution in [2.24, 2.45) is 5.14 Å². The molecule has 3 heteroatoms. The highest BCUT2D eigenvalue weighted by Gasteiger charge is 1.79. The molecular weight excluding hydrogens is 96.1 g/mol. The quantitative estimate of drug-likeness (QED) is 0.399. The van der Waals surface area contributed by atoms with E-state index in [1.54, 1.807) is 6.92 Å². The van der Waals surface area contributed by atoms with E-state index in [9.17, 15) is 0 Å². The summed E-state index contributed by atoms with van der Waals surface area (Å²) in [6, 6.07) is 0. The first-order valence-corrected chi connectivity index (χ1v) is 2.68. The van der Waals surface area contributed by atoms with Gasteiger partial charge < -0.3 is 5.41 Å². The molecule has 0 saturated heterocycles. The van der Waals surface area contributed by atoms with Gasteiger partial charge in [-0.25, -0.2) is 0 Å². The predicted octanol–water partition coefficient (Wildman–Crippen LogP) is 0.633. The number of rotatable bonds is 2. The van der Waals surface area contributed by atoms with Gasteiger partial charge in [0, 0.05) is 11.5 Å². The summed E-state index contributed by atoms with van der Waals surface area (Å²) < 4.78 is 0. The van der Waals surface area contributed by atoms with Gasteiger partial charge in [0.2, 0.25) is 0 Å². The zero-order valence-electron chi connectivity index (χ0n) is 3.69. The lowest BCUT2D eigenvalue weighted by Gasteiger charge is -1.85. The van der Waals surface area contributed by atoms with Crippen molar-refractivity contribution >= 4 is 17.7 Å². The SMILES string of the molecule is CC(=N)CSN. The lowest BCUT2D eigenvalue weighted by molar-refractivity contribution is 1.46. The van der Waals surface area contributed by atoms with Crippen molar-refractivity contribution in [3.8, 4) is 0 Å². The van der Waals surface area contributed by atoms with Crippen LogP contribution in [-0.4, -0.2) is 11.5 Å². The minimum Gasteiger partial charge on any atom is -0.309 e. The third-order valence-corrected chi connectivity index (χ3v) is 0.900. The average Bonchev–Trinajstić information content (AvgIpc) is 1.35. The Labute approximate surface area is 41.8 Å². The molecular formula is C3H8N2S. The van der Waals surface area contributed by atoms with Crippen LogP contribution >= 0.6 is 11.9 Å². The largest absolute Gasteiger partial charge is 0.309 e. The Hall–Kier alpha value is -0.0200. The van der Waals surface area contributed by atoms with E-state index >= 15 is 0 Å². The van der Waals surface area contributed by atoms with Gasteiger partial charge in [-0.3, -0.25) is 5.14 Å². The molecule has 0 radical (unpaired) electrons. The molecule has 0 heterocycles. The van der Waals surface area contributed by atoms with Gasteiger partial charge >= 0.3 is 0 Å². The molecule has 0 aromatic rings. The van der Waals surface area contributed by atoms with Crippen molar-refractivity contribution < 1.29 is 0 Å². The molecule has 0 saturated carbocycles. The molecule has 0 bridgehead atoms. The van der Waals surface area contributed by atoms with Gasteiger partial charge in [-0.15, -0.1) is 0 Å². The number of nitrogens with two attached hydrogens (primary N) is 1. The second-order valence-corrected chi connectivity index (χ2v) is 1.71. The van der Waals surface area contributed by atoms with Gasteiger partial charge in [0.25, 0.3) is 0 Å². The van der Waals surface area contributed by atoms with Gasteiger partial charge in [-0.05, 0) is 6.92 Å². The molecule has 0 aliphatic rings. The maximum absolute atomic E-state index is 6.79. The van der Waals surface area contributed by atoms with Crippen LogP contribution in [0.1, 0.15) is 6.92 Å². The molecule has 0 rings (SSSR count). The zero-order valence-corrected chi connectivity index (χ0v) is 4.51. The van der Waals surface area contributed by atoms with Crippen LogP contribution in [0, 0.1) is 5.41 Å². The fourth-order valence-electron chi connectivity index (χ4n) is 0.125. The van der Waals surface area contributed by atoms with Crippen molar-refractivity contribution in [3.63, 3.8) is 0 Å². The summed E-state index contributed by atoms with van der Waals surface area (Å²) in [5, 5.41) is 11.8. The monoisotopic (exact) mass is 104 g/mol. The van der Waals surface area contributed by atoms with Gasteiger partial charge in [0.15, 0.2) is 0 Å². The van der Waals surface area contributed by atoms with Crippen molar-refractivity contribution in [1.82, 2.24) is 0 Å². The maximum Gasteiger partial charge on any atom is 0.0452 e. The second kappa shape index (κ2) is 3.18. The van der Waals surface area contributed by atoms with Crippen LogP contribution in [-0.2, 0) is 0 Å². The van der Waals surface area contributed by atoms with E-state index in [2.05, 4.69) is 0 Å². The normalized spacial score (nSPS) is 8.33. The third kappa shape index (κ3) is 3.98. The molecule has 0 amide bonds. The topological polar surface area (TPSA) is 49.9 Å². The Morgan fingerprint density at radius 3 is 2.50 bits per heavy atom. The highest BCUT2D eigenvalue weighted by atomic mass is 32.2. The van der Waals surface area contributed by atoms with Gasteiger partial charge in [-0.1, -0.05) is 11.9 Å². The minimum absolute atomic E-state index is 0.627. The summed E-state index contributed by atoms with van der Waals surface area (Å²) in [6.07, 6.45) is 0. The highest BCUT2D eigenvalue weighted by Crippen LogP contribution is 1.83. The fraction of sp³-hybridized carbons (Fsp3) is 0.667. The van der Waals surface area contributed by atoms with E-state index in [0.29, 0.717) is 11.5 Å². The molecule has 0 aliphatic carbocycles. The lowest BCUT2D eigenvalue weighted by atomic mass is 10.5. The van der Waals surface area contributed by atoms with E-state index in [1.807, 2.05) is 0 Å². The Balaban J connectivity index is 2.83. The first-order valence-electron chi connectivity index (χ1n) is 1.63. The summed E-state index contributed by atoms with van der Waals surface area (Å²) in [5.41, 5.74) is 0.627. The van der Waals surface area contributed by atoms with Crippen LogP contribution in [0.4, 0.5) is 0 Å².